The van der Waals surface area contributed by atoms with Crippen LogP contribution in [0.25, 0.3) is 11.0 Å². The predicted octanol–water partition coefficient (Wildman–Crippen LogP) is 2.14. The van der Waals surface area contributed by atoms with Crippen LogP contribution in [0, 0.1) is 5.92 Å². The Balaban J connectivity index is 1.98. The van der Waals surface area contributed by atoms with Crippen LogP contribution in [0.15, 0.2) is 24.3 Å². The van der Waals surface area contributed by atoms with Crippen LogP contribution in [0.4, 0.5) is 5.95 Å². The molecule has 5 nitrogen and oxygen atoms in total. The second kappa shape index (κ2) is 5.73. The van der Waals surface area contributed by atoms with Gasteiger partial charge in [-0.1, -0.05) is 26.0 Å². The normalized spacial score (nSPS) is 12.6. The molecule has 1 amide bonds. The Morgan fingerprint density at radius 3 is 2.74 bits per heavy atom. The lowest BCUT2D eigenvalue weighted by Gasteiger charge is -2.14. The van der Waals surface area contributed by atoms with Gasteiger partial charge in [0.1, 0.15) is 6.04 Å². The lowest BCUT2D eigenvalue weighted by molar-refractivity contribution is -0.121. The van der Waals surface area contributed by atoms with Crippen LogP contribution < -0.4 is 10.6 Å². The number of amides is 1. The van der Waals surface area contributed by atoms with Crippen LogP contribution in [0.3, 0.4) is 0 Å². The first-order chi connectivity index (χ1) is 9.06. The van der Waals surface area contributed by atoms with Gasteiger partial charge in [-0.15, -0.1) is 0 Å². The lowest BCUT2D eigenvalue weighted by Crippen LogP contribution is -2.39. The number of H-pyrrole nitrogens is 1. The monoisotopic (exact) mass is 260 g/mol. The summed E-state index contributed by atoms with van der Waals surface area (Å²) in [5.41, 5.74) is 1.85. The van der Waals surface area contributed by atoms with Crippen LogP contribution in [0.2, 0.25) is 0 Å². The number of nitrogens with zero attached hydrogens (tertiary/aromatic N) is 1. The van der Waals surface area contributed by atoms with E-state index < -0.39 is 0 Å². The molecule has 1 heterocycles. The molecular formula is C14H20N4O. The van der Waals surface area contributed by atoms with E-state index in [1.165, 1.54) is 0 Å². The SMILES string of the molecule is CC(C)CNC(=O)C(C)Nc1nc2ccccc2[nH]1. The summed E-state index contributed by atoms with van der Waals surface area (Å²) < 4.78 is 0. The summed E-state index contributed by atoms with van der Waals surface area (Å²) in [6.07, 6.45) is 0. The Hall–Kier alpha value is -2.04. The minimum absolute atomic E-state index is 0.0193. The van der Waals surface area contributed by atoms with Gasteiger partial charge in [-0.05, 0) is 25.0 Å². The number of anilines is 1. The number of aromatic amines is 1. The zero-order chi connectivity index (χ0) is 13.8. The quantitative estimate of drug-likeness (QED) is 0.771. The van der Waals surface area contributed by atoms with Gasteiger partial charge < -0.3 is 15.6 Å². The number of benzene rings is 1. The summed E-state index contributed by atoms with van der Waals surface area (Å²) in [4.78, 5) is 19.4. The van der Waals surface area contributed by atoms with Crippen LogP contribution in [-0.2, 0) is 4.79 Å². The molecule has 0 aliphatic heterocycles. The minimum Gasteiger partial charge on any atom is -0.354 e. The van der Waals surface area contributed by atoms with Gasteiger partial charge in [0.15, 0.2) is 0 Å². The number of nitrogens with one attached hydrogen (secondary N) is 3. The van der Waals surface area contributed by atoms with Gasteiger partial charge in [-0.2, -0.15) is 0 Å². The molecule has 0 bridgehead atoms. The molecular weight excluding hydrogens is 240 g/mol. The van der Waals surface area contributed by atoms with Gasteiger partial charge in [0.2, 0.25) is 11.9 Å². The number of fused-ring (bicyclic) bond motifs is 1. The first-order valence-corrected chi connectivity index (χ1v) is 6.55. The first-order valence-electron chi connectivity index (χ1n) is 6.55. The number of imidazole rings is 1. The molecule has 1 unspecified atom stereocenters. The molecule has 19 heavy (non-hydrogen) atoms. The second-order valence-corrected chi connectivity index (χ2v) is 5.11. The maximum absolute atomic E-state index is 11.9. The molecule has 2 aromatic rings. The molecule has 2 rings (SSSR count). The highest BCUT2D eigenvalue weighted by Crippen LogP contribution is 2.13. The van der Waals surface area contributed by atoms with Crippen molar-refractivity contribution in [2.75, 3.05) is 11.9 Å². The summed E-state index contributed by atoms with van der Waals surface area (Å²) in [5.74, 6) is 1.05. The van der Waals surface area contributed by atoms with Crippen LogP contribution in [0.5, 0.6) is 0 Å². The van der Waals surface area contributed by atoms with E-state index in [-0.39, 0.29) is 11.9 Å². The first kappa shape index (κ1) is 13.4. The van der Waals surface area contributed by atoms with Crippen LogP contribution in [-0.4, -0.2) is 28.5 Å². The molecule has 0 saturated carbocycles. The van der Waals surface area contributed by atoms with Gasteiger partial charge in [-0.3, -0.25) is 4.79 Å². The maximum atomic E-state index is 11.9. The third kappa shape index (κ3) is 3.47. The number of hydrogen-bond acceptors (Lipinski definition) is 3. The molecule has 3 N–H and O–H groups in total. The highest BCUT2D eigenvalue weighted by molar-refractivity contribution is 5.84. The Labute approximate surface area is 112 Å². The number of aromatic nitrogens is 2. The Morgan fingerprint density at radius 2 is 2.05 bits per heavy atom. The standard InChI is InChI=1S/C14H20N4O/c1-9(2)8-15-13(19)10(3)16-14-17-11-6-4-5-7-12(11)18-14/h4-7,9-10H,8H2,1-3H3,(H,15,19)(H2,16,17,18). The van der Waals surface area contributed by atoms with Crippen molar-refractivity contribution in [2.45, 2.75) is 26.8 Å². The topological polar surface area (TPSA) is 69.8 Å². The van der Waals surface area contributed by atoms with Crippen molar-refractivity contribution < 1.29 is 4.79 Å². The van der Waals surface area contributed by atoms with Crippen molar-refractivity contribution in [3.8, 4) is 0 Å². The van der Waals surface area contributed by atoms with Crippen LogP contribution >= 0.6 is 0 Å². The average Bonchev–Trinajstić information content (AvgIpc) is 2.77. The molecule has 0 spiro atoms. The van der Waals surface area contributed by atoms with Crippen molar-refractivity contribution in [3.63, 3.8) is 0 Å². The summed E-state index contributed by atoms with van der Waals surface area (Å²) in [7, 11) is 0. The highest BCUT2D eigenvalue weighted by Gasteiger charge is 2.14. The fraction of sp³-hybridized carbons (Fsp3) is 0.429. The Bertz CT molecular complexity index is 528. The maximum Gasteiger partial charge on any atom is 0.242 e. The lowest BCUT2D eigenvalue weighted by atomic mass is 10.2. The van der Waals surface area contributed by atoms with Gasteiger partial charge in [0, 0.05) is 6.54 Å². The summed E-state index contributed by atoms with van der Waals surface area (Å²) in [6.45, 7) is 6.64. The molecule has 5 heteroatoms. The number of para-hydroxylation sites is 2. The van der Waals surface area contributed by atoms with Crippen molar-refractivity contribution in [2.24, 2.45) is 5.92 Å². The van der Waals surface area contributed by atoms with E-state index >= 15 is 0 Å². The van der Waals surface area contributed by atoms with Gasteiger partial charge >= 0.3 is 0 Å². The molecule has 0 radical (unpaired) electrons. The van der Waals surface area contributed by atoms with E-state index in [4.69, 9.17) is 0 Å². The fourth-order valence-electron chi connectivity index (χ4n) is 1.75. The zero-order valence-corrected chi connectivity index (χ0v) is 11.5. The van der Waals surface area contributed by atoms with E-state index in [1.54, 1.807) is 0 Å². The molecule has 0 saturated heterocycles. The summed E-state index contributed by atoms with van der Waals surface area (Å²) in [5, 5.41) is 5.97. The smallest absolute Gasteiger partial charge is 0.242 e. The molecule has 102 valence electrons. The van der Waals surface area contributed by atoms with Crippen molar-refractivity contribution in [1.29, 1.82) is 0 Å². The third-order valence-electron chi connectivity index (χ3n) is 2.82. The van der Waals surface area contributed by atoms with E-state index in [0.29, 0.717) is 18.4 Å². The summed E-state index contributed by atoms with van der Waals surface area (Å²) in [6, 6.07) is 7.45. The number of hydrogen-bond donors (Lipinski definition) is 3. The predicted molar refractivity (Wildman–Crippen MR) is 77.0 cm³/mol. The molecule has 1 aromatic heterocycles. The largest absolute Gasteiger partial charge is 0.354 e. The molecule has 1 atom stereocenters. The summed E-state index contributed by atoms with van der Waals surface area (Å²) >= 11 is 0. The van der Waals surface area contributed by atoms with E-state index in [0.717, 1.165) is 11.0 Å². The molecule has 0 aliphatic carbocycles. The van der Waals surface area contributed by atoms with Crippen molar-refractivity contribution in [3.05, 3.63) is 24.3 Å². The molecule has 0 aliphatic rings. The third-order valence-corrected chi connectivity index (χ3v) is 2.82. The number of carbonyl (C=O) groups excluding carboxylic acids is 1. The molecule has 0 fully saturated rings. The van der Waals surface area contributed by atoms with Gasteiger partial charge in [0.05, 0.1) is 11.0 Å². The van der Waals surface area contributed by atoms with E-state index in [1.807, 2.05) is 31.2 Å². The highest BCUT2D eigenvalue weighted by atomic mass is 16.2. The van der Waals surface area contributed by atoms with E-state index in [9.17, 15) is 4.79 Å². The van der Waals surface area contributed by atoms with Crippen molar-refractivity contribution >= 4 is 22.9 Å². The zero-order valence-electron chi connectivity index (χ0n) is 11.5. The Morgan fingerprint density at radius 1 is 1.32 bits per heavy atom. The fourth-order valence-corrected chi connectivity index (χ4v) is 1.75. The number of rotatable bonds is 5. The van der Waals surface area contributed by atoms with Gasteiger partial charge in [0.25, 0.3) is 0 Å². The Kier molecular flexibility index (Phi) is 4.04. The van der Waals surface area contributed by atoms with E-state index in [2.05, 4.69) is 34.4 Å². The van der Waals surface area contributed by atoms with Gasteiger partial charge in [-0.25, -0.2) is 4.98 Å². The minimum atomic E-state index is -0.320. The molecule has 1 aromatic carbocycles. The second-order valence-electron chi connectivity index (χ2n) is 5.11. The van der Waals surface area contributed by atoms with Crippen LogP contribution in [0.1, 0.15) is 20.8 Å². The number of carbonyl (C=O) groups is 1. The average molecular weight is 260 g/mol. The van der Waals surface area contributed by atoms with Crippen molar-refractivity contribution in [1.82, 2.24) is 15.3 Å².